The van der Waals surface area contributed by atoms with Crippen molar-refractivity contribution in [1.29, 1.82) is 0 Å². The second-order valence-electron chi connectivity index (χ2n) is 7.41. The maximum Gasteiger partial charge on any atom is 0.261 e. The summed E-state index contributed by atoms with van der Waals surface area (Å²) in [5.74, 6) is 0. The molecule has 2 N–H and O–H groups in total. The molecule has 4 aromatic rings. The molecule has 1 aromatic heterocycles. The largest absolute Gasteiger partial charge is 0.355 e. The molecule has 5 rings (SSSR count). The van der Waals surface area contributed by atoms with Crippen molar-refractivity contribution in [3.63, 3.8) is 0 Å². The van der Waals surface area contributed by atoms with E-state index in [1.54, 1.807) is 12.1 Å². The Balaban J connectivity index is 1.57. The van der Waals surface area contributed by atoms with E-state index in [1.807, 2.05) is 42.5 Å². The summed E-state index contributed by atoms with van der Waals surface area (Å²) in [4.78, 5) is 5.97. The number of aromatic amines is 1. The molecular formula is C22H21N3O2S. The van der Waals surface area contributed by atoms with Crippen LogP contribution in [0.3, 0.4) is 0 Å². The monoisotopic (exact) mass is 391 g/mol. The Morgan fingerprint density at radius 3 is 2.68 bits per heavy atom. The first-order valence-electron chi connectivity index (χ1n) is 9.34. The lowest BCUT2D eigenvalue weighted by atomic mass is 10.0. The van der Waals surface area contributed by atoms with Crippen molar-refractivity contribution in [2.75, 3.05) is 18.3 Å². The molecule has 5 nitrogen and oxygen atoms in total. The molecule has 0 aliphatic carbocycles. The molecule has 6 heteroatoms. The molecule has 28 heavy (non-hydrogen) atoms. The summed E-state index contributed by atoms with van der Waals surface area (Å²) < 4.78 is 28.9. The van der Waals surface area contributed by atoms with Crippen molar-refractivity contribution < 1.29 is 8.42 Å². The number of sulfonamides is 1. The van der Waals surface area contributed by atoms with E-state index in [9.17, 15) is 8.42 Å². The fourth-order valence-electron chi connectivity index (χ4n) is 4.02. The summed E-state index contributed by atoms with van der Waals surface area (Å²) in [6, 6.07) is 18.7. The predicted molar refractivity (Wildman–Crippen MR) is 113 cm³/mol. The highest BCUT2D eigenvalue weighted by atomic mass is 32.2. The average molecular weight is 391 g/mol. The molecular weight excluding hydrogens is 370 g/mol. The third-order valence-corrected chi connectivity index (χ3v) is 6.84. The summed E-state index contributed by atoms with van der Waals surface area (Å²) in [7, 11) is -1.59. The van der Waals surface area contributed by atoms with Crippen LogP contribution in [0, 0.1) is 0 Å². The van der Waals surface area contributed by atoms with Gasteiger partial charge in [0.15, 0.2) is 0 Å². The fraction of sp³-hybridized carbons (Fsp3) is 0.182. The number of para-hydroxylation sites is 1. The first-order chi connectivity index (χ1) is 13.5. The average Bonchev–Trinajstić information content (AvgIpc) is 3.06. The van der Waals surface area contributed by atoms with Crippen LogP contribution in [0.4, 0.5) is 5.69 Å². The predicted octanol–water partition coefficient (Wildman–Crippen LogP) is 4.11. The molecule has 0 spiro atoms. The molecule has 0 unspecified atom stereocenters. The second kappa shape index (κ2) is 6.36. The van der Waals surface area contributed by atoms with Gasteiger partial charge in [-0.15, -0.1) is 0 Å². The van der Waals surface area contributed by atoms with Crippen LogP contribution < -0.4 is 4.72 Å². The SMILES string of the molecule is CN1CCc2c([nH]c3c(NS(=O)(=O)c4ccc5ccccc5c4)cccc23)C1. The number of rotatable bonds is 3. The molecule has 0 saturated carbocycles. The van der Waals surface area contributed by atoms with Gasteiger partial charge in [-0.05, 0) is 48.0 Å². The van der Waals surface area contributed by atoms with Crippen molar-refractivity contribution in [3.8, 4) is 0 Å². The molecule has 1 aliphatic rings. The fourth-order valence-corrected chi connectivity index (χ4v) is 5.13. The van der Waals surface area contributed by atoms with Crippen molar-refractivity contribution >= 4 is 37.4 Å². The van der Waals surface area contributed by atoms with Crippen molar-refractivity contribution in [1.82, 2.24) is 9.88 Å². The molecule has 1 aliphatic heterocycles. The number of fused-ring (bicyclic) bond motifs is 4. The van der Waals surface area contributed by atoms with Gasteiger partial charge in [-0.1, -0.05) is 42.5 Å². The zero-order chi connectivity index (χ0) is 19.3. The summed E-state index contributed by atoms with van der Waals surface area (Å²) >= 11 is 0. The minimum absolute atomic E-state index is 0.263. The molecule has 142 valence electrons. The van der Waals surface area contributed by atoms with Gasteiger partial charge >= 0.3 is 0 Å². The second-order valence-corrected chi connectivity index (χ2v) is 9.09. The van der Waals surface area contributed by atoms with Crippen LogP contribution in [-0.4, -0.2) is 31.9 Å². The lowest BCUT2D eigenvalue weighted by Gasteiger charge is -2.22. The molecule has 0 fully saturated rings. The third kappa shape index (κ3) is 2.85. The molecule has 3 aromatic carbocycles. The minimum Gasteiger partial charge on any atom is -0.355 e. The van der Waals surface area contributed by atoms with Crippen molar-refractivity contribution in [2.45, 2.75) is 17.9 Å². The maximum atomic E-state index is 13.1. The topological polar surface area (TPSA) is 65.2 Å². The van der Waals surface area contributed by atoms with Crippen molar-refractivity contribution in [2.24, 2.45) is 0 Å². The number of hydrogen-bond donors (Lipinski definition) is 2. The van der Waals surface area contributed by atoms with E-state index in [2.05, 4.69) is 27.7 Å². The van der Waals surface area contributed by atoms with Gasteiger partial charge in [0.1, 0.15) is 0 Å². The number of benzene rings is 3. The zero-order valence-electron chi connectivity index (χ0n) is 15.6. The number of likely N-dealkylation sites (N-methyl/N-ethyl adjacent to an activating group) is 1. The number of H-pyrrole nitrogens is 1. The van der Waals surface area contributed by atoms with Crippen LogP contribution in [0.25, 0.3) is 21.7 Å². The standard InChI is InChI=1S/C22H21N3O2S/c1-25-12-11-18-19-7-4-8-20(22(19)23-21(18)14-25)24-28(26,27)17-10-9-15-5-2-3-6-16(15)13-17/h2-10,13,23-24H,11-12,14H2,1H3. The highest BCUT2D eigenvalue weighted by Gasteiger charge is 2.21. The number of aromatic nitrogens is 1. The Labute approximate surface area is 164 Å². The molecule has 0 atom stereocenters. The van der Waals surface area contributed by atoms with Gasteiger partial charge in [0.05, 0.1) is 16.1 Å². The highest BCUT2D eigenvalue weighted by molar-refractivity contribution is 7.92. The Morgan fingerprint density at radius 2 is 1.82 bits per heavy atom. The molecule has 0 amide bonds. The Morgan fingerprint density at radius 1 is 1.00 bits per heavy atom. The van der Waals surface area contributed by atoms with Crippen LogP contribution in [0.1, 0.15) is 11.3 Å². The maximum absolute atomic E-state index is 13.1. The first-order valence-corrected chi connectivity index (χ1v) is 10.8. The highest BCUT2D eigenvalue weighted by Crippen LogP contribution is 2.32. The third-order valence-electron chi connectivity index (χ3n) is 5.48. The lowest BCUT2D eigenvalue weighted by Crippen LogP contribution is -2.26. The van der Waals surface area contributed by atoms with Gasteiger partial charge in [0.2, 0.25) is 0 Å². The lowest BCUT2D eigenvalue weighted by molar-refractivity contribution is 0.310. The molecule has 0 bridgehead atoms. The Kier molecular flexibility index (Phi) is 3.92. The van der Waals surface area contributed by atoms with Gasteiger partial charge in [0, 0.05) is 24.2 Å². The van der Waals surface area contributed by atoms with Crippen LogP contribution in [-0.2, 0) is 23.0 Å². The molecule has 0 saturated heterocycles. The Bertz CT molecular complexity index is 1310. The number of anilines is 1. The van der Waals surface area contributed by atoms with E-state index in [4.69, 9.17) is 0 Å². The van der Waals surface area contributed by atoms with E-state index in [0.717, 1.165) is 41.2 Å². The summed E-state index contributed by atoms with van der Waals surface area (Å²) in [5.41, 5.74) is 3.90. The quantitative estimate of drug-likeness (QED) is 0.552. The van der Waals surface area contributed by atoms with E-state index in [-0.39, 0.29) is 4.90 Å². The van der Waals surface area contributed by atoms with E-state index in [0.29, 0.717) is 5.69 Å². The van der Waals surface area contributed by atoms with E-state index < -0.39 is 10.0 Å². The molecule has 2 heterocycles. The van der Waals surface area contributed by atoms with Crippen LogP contribution >= 0.6 is 0 Å². The van der Waals surface area contributed by atoms with Gasteiger partial charge in [0.25, 0.3) is 10.0 Å². The van der Waals surface area contributed by atoms with Gasteiger partial charge in [-0.2, -0.15) is 0 Å². The van der Waals surface area contributed by atoms with Crippen LogP contribution in [0.2, 0.25) is 0 Å². The number of nitrogens with zero attached hydrogens (tertiary/aromatic N) is 1. The zero-order valence-corrected chi connectivity index (χ0v) is 16.4. The van der Waals surface area contributed by atoms with Crippen LogP contribution in [0.15, 0.2) is 65.6 Å². The molecule has 0 radical (unpaired) electrons. The smallest absolute Gasteiger partial charge is 0.261 e. The minimum atomic E-state index is -3.69. The first kappa shape index (κ1) is 17.3. The Hall–Kier alpha value is -2.83. The van der Waals surface area contributed by atoms with E-state index in [1.165, 1.54) is 11.3 Å². The van der Waals surface area contributed by atoms with E-state index >= 15 is 0 Å². The number of nitrogens with one attached hydrogen (secondary N) is 2. The summed E-state index contributed by atoms with van der Waals surface area (Å²) in [6.07, 6.45) is 0.965. The number of hydrogen-bond acceptors (Lipinski definition) is 3. The van der Waals surface area contributed by atoms with Gasteiger partial charge < -0.3 is 9.88 Å². The van der Waals surface area contributed by atoms with Crippen LogP contribution in [0.5, 0.6) is 0 Å². The normalized spacial score (nSPS) is 15.0. The van der Waals surface area contributed by atoms with Gasteiger partial charge in [-0.3, -0.25) is 4.72 Å². The summed E-state index contributed by atoms with van der Waals surface area (Å²) in [5, 5.41) is 3.02. The summed E-state index contributed by atoms with van der Waals surface area (Å²) in [6.45, 7) is 1.86. The van der Waals surface area contributed by atoms with Crippen molar-refractivity contribution in [3.05, 3.63) is 71.9 Å². The van der Waals surface area contributed by atoms with Gasteiger partial charge in [-0.25, -0.2) is 8.42 Å².